The molecule has 0 fully saturated rings. The normalized spacial score (nSPS) is 10.6. The molecule has 1 aromatic carbocycles. The largest absolute Gasteiger partial charge is 0.417 e. The Balaban J connectivity index is 3.01. The summed E-state index contributed by atoms with van der Waals surface area (Å²) in [6, 6.07) is 4.54. The zero-order valence-electron chi connectivity index (χ0n) is 7.57. The van der Waals surface area contributed by atoms with Crippen molar-refractivity contribution in [1.82, 2.24) is 0 Å². The molecule has 1 heterocycles. The summed E-state index contributed by atoms with van der Waals surface area (Å²) in [5, 5.41) is 10.7. The third-order valence-corrected chi connectivity index (χ3v) is 2.66. The molecule has 0 unspecified atom stereocenters. The van der Waals surface area contributed by atoms with Crippen molar-refractivity contribution in [3.8, 4) is 0 Å². The number of nitro groups is 1. The summed E-state index contributed by atoms with van der Waals surface area (Å²) in [5.41, 5.74) is -1.85. The molecule has 0 saturated carbocycles. The summed E-state index contributed by atoms with van der Waals surface area (Å²) < 4.78 is 4.75. The Labute approximate surface area is 98.3 Å². The SMILES string of the molecule is O=c1oc2c(Cl)cccc2c(Cl)c1[N+](=O)[O-]. The van der Waals surface area contributed by atoms with Gasteiger partial charge in [-0.05, 0) is 12.1 Å². The lowest BCUT2D eigenvalue weighted by molar-refractivity contribution is -0.387. The number of rotatable bonds is 1. The van der Waals surface area contributed by atoms with Crippen molar-refractivity contribution in [3.05, 3.63) is 48.8 Å². The van der Waals surface area contributed by atoms with Gasteiger partial charge >= 0.3 is 11.3 Å². The van der Waals surface area contributed by atoms with Gasteiger partial charge in [0.05, 0.1) is 9.95 Å². The summed E-state index contributed by atoms with van der Waals surface area (Å²) in [4.78, 5) is 21.0. The maximum absolute atomic E-state index is 11.3. The summed E-state index contributed by atoms with van der Waals surface area (Å²) in [5.74, 6) is 0. The smallest absolute Gasteiger partial charge is 0.416 e. The van der Waals surface area contributed by atoms with Crippen LogP contribution in [0, 0.1) is 10.1 Å². The van der Waals surface area contributed by atoms with Gasteiger partial charge in [0.2, 0.25) is 0 Å². The lowest BCUT2D eigenvalue weighted by atomic mass is 10.2. The highest BCUT2D eigenvalue weighted by atomic mass is 35.5. The quantitative estimate of drug-likeness (QED) is 0.448. The highest BCUT2D eigenvalue weighted by Crippen LogP contribution is 2.32. The molecular weight excluding hydrogens is 257 g/mol. The van der Waals surface area contributed by atoms with Crippen LogP contribution in [0.5, 0.6) is 0 Å². The van der Waals surface area contributed by atoms with Crippen LogP contribution in [0.15, 0.2) is 27.4 Å². The van der Waals surface area contributed by atoms with Crippen LogP contribution >= 0.6 is 23.2 Å². The molecular formula is C9H3Cl2NO4. The third-order valence-electron chi connectivity index (χ3n) is 1.98. The van der Waals surface area contributed by atoms with Crippen molar-refractivity contribution in [1.29, 1.82) is 0 Å². The van der Waals surface area contributed by atoms with Crippen molar-refractivity contribution in [3.63, 3.8) is 0 Å². The van der Waals surface area contributed by atoms with Crippen molar-refractivity contribution in [2.45, 2.75) is 0 Å². The predicted octanol–water partition coefficient (Wildman–Crippen LogP) is 3.01. The Morgan fingerprint density at radius 3 is 2.62 bits per heavy atom. The Bertz CT molecular complexity index is 650. The van der Waals surface area contributed by atoms with Gasteiger partial charge in [0, 0.05) is 5.39 Å². The Morgan fingerprint density at radius 1 is 1.31 bits per heavy atom. The third kappa shape index (κ3) is 1.54. The molecule has 0 radical (unpaired) electrons. The van der Waals surface area contributed by atoms with Crippen LogP contribution in [0.4, 0.5) is 5.69 Å². The first-order chi connectivity index (χ1) is 7.52. The number of halogens is 2. The molecule has 0 aliphatic heterocycles. The lowest BCUT2D eigenvalue weighted by Crippen LogP contribution is -2.07. The number of nitrogens with zero attached hydrogens (tertiary/aromatic N) is 1. The topological polar surface area (TPSA) is 73.3 Å². The Morgan fingerprint density at radius 2 is 2.00 bits per heavy atom. The van der Waals surface area contributed by atoms with Gasteiger partial charge in [-0.3, -0.25) is 10.1 Å². The predicted molar refractivity (Wildman–Crippen MR) is 59.2 cm³/mol. The first-order valence-electron chi connectivity index (χ1n) is 4.07. The zero-order chi connectivity index (χ0) is 11.9. The molecule has 1 aromatic heterocycles. The highest BCUT2D eigenvalue weighted by Gasteiger charge is 2.23. The molecule has 0 bridgehead atoms. The molecule has 0 atom stereocenters. The fraction of sp³-hybridized carbons (Fsp3) is 0. The summed E-state index contributed by atoms with van der Waals surface area (Å²) in [6.07, 6.45) is 0. The molecule has 2 aromatic rings. The first-order valence-corrected chi connectivity index (χ1v) is 4.83. The molecule has 5 nitrogen and oxygen atoms in total. The zero-order valence-corrected chi connectivity index (χ0v) is 9.08. The van der Waals surface area contributed by atoms with E-state index in [1.807, 2.05) is 0 Å². The van der Waals surface area contributed by atoms with Crippen molar-refractivity contribution in [2.24, 2.45) is 0 Å². The number of benzene rings is 1. The van der Waals surface area contributed by atoms with E-state index in [9.17, 15) is 14.9 Å². The van der Waals surface area contributed by atoms with E-state index in [-0.39, 0.29) is 21.0 Å². The number of hydrogen-bond donors (Lipinski definition) is 0. The Kier molecular flexibility index (Phi) is 2.57. The van der Waals surface area contributed by atoms with Crippen LogP contribution in [0.3, 0.4) is 0 Å². The van der Waals surface area contributed by atoms with Crippen LogP contribution in [-0.4, -0.2) is 4.92 Å². The molecule has 2 rings (SSSR count). The highest BCUT2D eigenvalue weighted by molar-refractivity contribution is 6.40. The number of hydrogen-bond acceptors (Lipinski definition) is 4. The Hall–Kier alpha value is -1.59. The first kappa shape index (κ1) is 10.9. The average molecular weight is 260 g/mol. The lowest BCUT2D eigenvalue weighted by Gasteiger charge is -2.00. The van der Waals surface area contributed by atoms with E-state index in [1.165, 1.54) is 12.1 Å². The van der Waals surface area contributed by atoms with E-state index in [0.717, 1.165) is 0 Å². The van der Waals surface area contributed by atoms with E-state index < -0.39 is 16.2 Å². The van der Waals surface area contributed by atoms with E-state index >= 15 is 0 Å². The van der Waals surface area contributed by atoms with Crippen LogP contribution in [-0.2, 0) is 0 Å². The van der Waals surface area contributed by atoms with Crippen molar-refractivity contribution in [2.75, 3.05) is 0 Å². The number of fused-ring (bicyclic) bond motifs is 1. The fourth-order valence-corrected chi connectivity index (χ4v) is 1.81. The van der Waals surface area contributed by atoms with Gasteiger partial charge in [0.25, 0.3) is 0 Å². The molecule has 0 N–H and O–H groups in total. The minimum Gasteiger partial charge on any atom is -0.416 e. The minimum atomic E-state index is -1.12. The summed E-state index contributed by atoms with van der Waals surface area (Å²) in [7, 11) is 0. The van der Waals surface area contributed by atoms with Gasteiger partial charge < -0.3 is 4.42 Å². The molecule has 0 saturated heterocycles. The standard InChI is InChI=1S/C9H3Cl2NO4/c10-5-3-1-2-4-6(11)7(12(14)15)9(13)16-8(4)5/h1-3H. The van der Waals surface area contributed by atoms with Gasteiger partial charge in [-0.1, -0.05) is 29.3 Å². The van der Waals surface area contributed by atoms with E-state index in [2.05, 4.69) is 0 Å². The van der Waals surface area contributed by atoms with Crippen molar-refractivity contribution < 1.29 is 9.34 Å². The molecule has 0 aliphatic rings. The molecule has 16 heavy (non-hydrogen) atoms. The second kappa shape index (κ2) is 3.77. The molecule has 0 spiro atoms. The monoisotopic (exact) mass is 259 g/mol. The summed E-state index contributed by atoms with van der Waals surface area (Å²) in [6.45, 7) is 0. The van der Waals surface area contributed by atoms with Gasteiger partial charge in [-0.2, -0.15) is 0 Å². The molecule has 7 heteroatoms. The molecule has 0 aliphatic carbocycles. The second-order valence-electron chi connectivity index (χ2n) is 2.93. The minimum absolute atomic E-state index is 0.0461. The van der Waals surface area contributed by atoms with Crippen LogP contribution in [0.25, 0.3) is 11.0 Å². The fourth-order valence-electron chi connectivity index (χ4n) is 1.30. The van der Waals surface area contributed by atoms with Crippen LogP contribution < -0.4 is 5.63 Å². The van der Waals surface area contributed by atoms with E-state index in [4.69, 9.17) is 27.6 Å². The average Bonchev–Trinajstić information content (AvgIpc) is 2.19. The molecule has 82 valence electrons. The van der Waals surface area contributed by atoms with Gasteiger partial charge in [0.15, 0.2) is 5.58 Å². The second-order valence-corrected chi connectivity index (χ2v) is 3.71. The van der Waals surface area contributed by atoms with E-state index in [0.29, 0.717) is 0 Å². The van der Waals surface area contributed by atoms with Gasteiger partial charge in [-0.15, -0.1) is 0 Å². The summed E-state index contributed by atoms with van der Waals surface area (Å²) >= 11 is 11.5. The van der Waals surface area contributed by atoms with Crippen LogP contribution in [0.1, 0.15) is 0 Å². The van der Waals surface area contributed by atoms with Gasteiger partial charge in [-0.25, -0.2) is 4.79 Å². The number of para-hydroxylation sites is 1. The maximum atomic E-state index is 11.3. The van der Waals surface area contributed by atoms with Gasteiger partial charge in [0.1, 0.15) is 5.02 Å². The molecule has 0 amide bonds. The van der Waals surface area contributed by atoms with E-state index in [1.54, 1.807) is 6.07 Å². The van der Waals surface area contributed by atoms with Crippen molar-refractivity contribution >= 4 is 39.9 Å². The van der Waals surface area contributed by atoms with Crippen LogP contribution in [0.2, 0.25) is 10.0 Å². The maximum Gasteiger partial charge on any atom is 0.417 e.